The van der Waals surface area contributed by atoms with Crippen molar-refractivity contribution in [1.82, 2.24) is 14.9 Å². The van der Waals surface area contributed by atoms with E-state index in [2.05, 4.69) is 10.6 Å². The van der Waals surface area contributed by atoms with Crippen LogP contribution in [-0.2, 0) is 10.0 Å². The van der Waals surface area contributed by atoms with Crippen LogP contribution >= 0.6 is 23.1 Å². The van der Waals surface area contributed by atoms with Crippen molar-refractivity contribution in [1.29, 1.82) is 0 Å². The van der Waals surface area contributed by atoms with E-state index in [9.17, 15) is 13.2 Å². The van der Waals surface area contributed by atoms with Gasteiger partial charge in [-0.3, -0.25) is 4.79 Å². The predicted molar refractivity (Wildman–Crippen MR) is 91.3 cm³/mol. The summed E-state index contributed by atoms with van der Waals surface area (Å²) in [6, 6.07) is 1.53. The molecule has 2 heterocycles. The highest BCUT2D eigenvalue weighted by Gasteiger charge is 2.30. The molecule has 1 aliphatic rings. The maximum atomic E-state index is 12.7. The molecular formula is C13H21N3O3S3. The number of likely N-dealkylation sites (N-methyl/N-ethyl adjacent to an activating group) is 1. The zero-order valence-electron chi connectivity index (χ0n) is 12.5. The van der Waals surface area contributed by atoms with Crippen LogP contribution in [0, 0.1) is 0 Å². The van der Waals surface area contributed by atoms with Crippen LogP contribution < -0.4 is 10.6 Å². The Morgan fingerprint density at radius 1 is 1.32 bits per heavy atom. The van der Waals surface area contributed by atoms with Crippen LogP contribution in [-0.4, -0.2) is 62.9 Å². The molecule has 2 rings (SSSR count). The van der Waals surface area contributed by atoms with E-state index in [0.29, 0.717) is 26.2 Å². The van der Waals surface area contributed by atoms with Crippen molar-refractivity contribution in [3.8, 4) is 0 Å². The summed E-state index contributed by atoms with van der Waals surface area (Å²) in [4.78, 5) is 12.6. The third-order valence-electron chi connectivity index (χ3n) is 3.26. The topological polar surface area (TPSA) is 78.5 Å². The fraction of sp³-hybridized carbons (Fsp3) is 0.615. The minimum absolute atomic E-state index is 0.130. The lowest BCUT2D eigenvalue weighted by Crippen LogP contribution is -2.39. The van der Waals surface area contributed by atoms with Crippen LogP contribution in [0.3, 0.4) is 0 Å². The first-order valence-corrected chi connectivity index (χ1v) is 10.7. The predicted octanol–water partition coefficient (Wildman–Crippen LogP) is 0.825. The number of nitrogens with one attached hydrogen (secondary N) is 2. The number of rotatable bonds is 7. The van der Waals surface area contributed by atoms with Crippen LogP contribution in [0.4, 0.5) is 0 Å². The lowest BCUT2D eigenvalue weighted by molar-refractivity contribution is 0.0955. The van der Waals surface area contributed by atoms with Gasteiger partial charge in [-0.05, 0) is 18.0 Å². The van der Waals surface area contributed by atoms with Crippen LogP contribution in [0.2, 0.25) is 0 Å². The van der Waals surface area contributed by atoms with Gasteiger partial charge in [0.1, 0.15) is 9.77 Å². The molecule has 1 amide bonds. The van der Waals surface area contributed by atoms with Crippen molar-refractivity contribution in [3.63, 3.8) is 0 Å². The molecule has 22 heavy (non-hydrogen) atoms. The summed E-state index contributed by atoms with van der Waals surface area (Å²) in [6.45, 7) is 4.97. The van der Waals surface area contributed by atoms with Crippen LogP contribution in [0.15, 0.2) is 16.3 Å². The Labute approximate surface area is 139 Å². The van der Waals surface area contributed by atoms with E-state index in [4.69, 9.17) is 0 Å². The highest BCUT2D eigenvalue weighted by molar-refractivity contribution is 7.99. The van der Waals surface area contributed by atoms with Gasteiger partial charge in [0.05, 0.1) is 0 Å². The Kier molecular flexibility index (Phi) is 6.69. The van der Waals surface area contributed by atoms with Crippen molar-refractivity contribution < 1.29 is 13.2 Å². The number of nitrogens with zero attached hydrogens (tertiary/aromatic N) is 1. The summed E-state index contributed by atoms with van der Waals surface area (Å²) in [5.74, 6) is 1.28. The van der Waals surface area contributed by atoms with Crippen LogP contribution in [0.1, 0.15) is 16.6 Å². The van der Waals surface area contributed by atoms with Crippen molar-refractivity contribution in [2.75, 3.05) is 44.2 Å². The molecule has 124 valence electrons. The largest absolute Gasteiger partial charge is 0.350 e. The van der Waals surface area contributed by atoms with Gasteiger partial charge in [-0.2, -0.15) is 16.1 Å². The molecule has 9 heteroatoms. The van der Waals surface area contributed by atoms with Gasteiger partial charge >= 0.3 is 0 Å². The molecule has 1 saturated heterocycles. The summed E-state index contributed by atoms with van der Waals surface area (Å²) in [7, 11) is -3.58. The summed E-state index contributed by atoms with van der Waals surface area (Å²) in [5.41, 5.74) is 0. The zero-order valence-corrected chi connectivity index (χ0v) is 15.0. The zero-order chi connectivity index (χ0) is 16.0. The Morgan fingerprint density at radius 2 is 2.05 bits per heavy atom. The van der Waals surface area contributed by atoms with Gasteiger partial charge < -0.3 is 10.6 Å². The maximum Gasteiger partial charge on any atom is 0.262 e. The first-order valence-electron chi connectivity index (χ1n) is 7.21. The Balaban J connectivity index is 2.09. The van der Waals surface area contributed by atoms with Crippen LogP contribution in [0.5, 0.6) is 0 Å². The number of carbonyl (C=O) groups excluding carboxylic acids is 1. The Hall–Kier alpha value is -0.610. The fourth-order valence-corrected chi connectivity index (χ4v) is 6.01. The molecule has 1 aromatic rings. The highest BCUT2D eigenvalue weighted by atomic mass is 32.2. The number of carbonyl (C=O) groups is 1. The lowest BCUT2D eigenvalue weighted by atomic mass is 10.4. The normalized spacial score (nSPS) is 16.6. The monoisotopic (exact) mass is 363 g/mol. The number of thioether (sulfide) groups is 1. The van der Waals surface area contributed by atoms with E-state index in [-0.39, 0.29) is 15.7 Å². The number of hydrogen-bond donors (Lipinski definition) is 2. The summed E-state index contributed by atoms with van der Waals surface area (Å²) >= 11 is 2.92. The minimum atomic E-state index is -3.58. The SMILES string of the molecule is CCNCCNC(=O)c1sccc1S(=O)(=O)N1CCSCC1. The van der Waals surface area contributed by atoms with E-state index < -0.39 is 10.0 Å². The average Bonchev–Trinajstić information content (AvgIpc) is 3.03. The van der Waals surface area contributed by atoms with E-state index in [0.717, 1.165) is 18.1 Å². The van der Waals surface area contributed by atoms with E-state index in [1.54, 1.807) is 17.1 Å². The first kappa shape index (κ1) is 17.7. The second-order valence-electron chi connectivity index (χ2n) is 4.74. The van der Waals surface area contributed by atoms with Crippen molar-refractivity contribution in [2.45, 2.75) is 11.8 Å². The van der Waals surface area contributed by atoms with Gasteiger partial charge in [0, 0.05) is 37.7 Å². The fourth-order valence-electron chi connectivity index (χ4n) is 2.11. The van der Waals surface area contributed by atoms with Gasteiger partial charge in [0.2, 0.25) is 10.0 Å². The molecule has 0 aromatic carbocycles. The highest BCUT2D eigenvalue weighted by Crippen LogP contribution is 2.26. The molecule has 2 N–H and O–H groups in total. The molecule has 0 unspecified atom stereocenters. The summed E-state index contributed by atoms with van der Waals surface area (Å²) in [5, 5.41) is 7.52. The molecule has 1 fully saturated rings. The van der Waals surface area contributed by atoms with Gasteiger partial charge in [-0.25, -0.2) is 8.42 Å². The Morgan fingerprint density at radius 3 is 2.73 bits per heavy atom. The third kappa shape index (κ3) is 4.23. The molecule has 6 nitrogen and oxygen atoms in total. The summed E-state index contributed by atoms with van der Waals surface area (Å²) < 4.78 is 26.8. The second kappa shape index (κ2) is 8.30. The van der Waals surface area contributed by atoms with Crippen molar-refractivity contribution >= 4 is 39.0 Å². The van der Waals surface area contributed by atoms with Crippen molar-refractivity contribution in [2.24, 2.45) is 0 Å². The quantitative estimate of drug-likeness (QED) is 0.702. The number of thiophene rings is 1. The first-order chi connectivity index (χ1) is 10.6. The van der Waals surface area contributed by atoms with Crippen LogP contribution in [0.25, 0.3) is 0 Å². The molecule has 1 aliphatic heterocycles. The molecule has 0 spiro atoms. The lowest BCUT2D eigenvalue weighted by Gasteiger charge is -2.25. The van der Waals surface area contributed by atoms with Gasteiger partial charge in [-0.15, -0.1) is 11.3 Å². The van der Waals surface area contributed by atoms with E-state index in [1.807, 2.05) is 6.92 Å². The van der Waals surface area contributed by atoms with Gasteiger partial charge in [0.25, 0.3) is 5.91 Å². The molecule has 1 aromatic heterocycles. The van der Waals surface area contributed by atoms with Gasteiger partial charge in [0.15, 0.2) is 0 Å². The molecule has 0 atom stereocenters. The van der Waals surface area contributed by atoms with Gasteiger partial charge in [-0.1, -0.05) is 6.92 Å². The maximum absolute atomic E-state index is 12.7. The smallest absolute Gasteiger partial charge is 0.262 e. The molecule has 0 bridgehead atoms. The summed E-state index contributed by atoms with van der Waals surface area (Å²) in [6.07, 6.45) is 0. The molecule has 0 aliphatic carbocycles. The minimum Gasteiger partial charge on any atom is -0.350 e. The number of hydrogen-bond acceptors (Lipinski definition) is 6. The number of amides is 1. The molecule has 0 radical (unpaired) electrons. The molecule has 0 saturated carbocycles. The second-order valence-corrected chi connectivity index (χ2v) is 8.79. The third-order valence-corrected chi connectivity index (χ3v) is 7.19. The van der Waals surface area contributed by atoms with Crippen molar-refractivity contribution in [3.05, 3.63) is 16.3 Å². The standard InChI is InChI=1S/C13H21N3O3S3/c1-2-14-4-5-15-13(17)12-11(3-8-21-12)22(18,19)16-6-9-20-10-7-16/h3,8,14H,2,4-7,9-10H2,1H3,(H,15,17). The average molecular weight is 364 g/mol. The van der Waals surface area contributed by atoms with E-state index in [1.165, 1.54) is 21.7 Å². The number of sulfonamides is 1. The Bertz CT molecular complexity index is 595. The molecular weight excluding hydrogens is 342 g/mol. The van der Waals surface area contributed by atoms with E-state index >= 15 is 0 Å².